The summed E-state index contributed by atoms with van der Waals surface area (Å²) in [6, 6.07) is 9.62. The first-order valence-electron chi connectivity index (χ1n) is 7.48. The molecule has 2 aromatic rings. The van der Waals surface area contributed by atoms with E-state index in [-0.39, 0.29) is 11.5 Å². The Morgan fingerprint density at radius 1 is 1.32 bits per heavy atom. The summed E-state index contributed by atoms with van der Waals surface area (Å²) in [7, 11) is 1.64. The fourth-order valence-electron chi connectivity index (χ4n) is 2.44. The number of aryl methyl sites for hydroxylation is 2. The van der Waals surface area contributed by atoms with Crippen LogP contribution in [0.1, 0.15) is 18.4 Å². The average Bonchev–Trinajstić information content (AvgIpc) is 2.52. The predicted octanol–water partition coefficient (Wildman–Crippen LogP) is 1.85. The Hall–Kier alpha value is -2.14. The van der Waals surface area contributed by atoms with Gasteiger partial charge >= 0.3 is 0 Å². The molecule has 1 aromatic carbocycles. The third kappa shape index (κ3) is 3.95. The molecule has 0 atom stereocenters. The van der Waals surface area contributed by atoms with Crippen molar-refractivity contribution in [3.63, 3.8) is 0 Å². The monoisotopic (exact) mass is 302 g/mol. The summed E-state index contributed by atoms with van der Waals surface area (Å²) in [5, 5.41) is 3.85. The number of fused-ring (bicyclic) bond motifs is 1. The largest absolute Gasteiger partial charge is 0.385 e. The molecule has 0 fully saturated rings. The van der Waals surface area contributed by atoms with Gasteiger partial charge in [0.1, 0.15) is 0 Å². The first-order chi connectivity index (χ1) is 10.6. The van der Waals surface area contributed by atoms with Crippen molar-refractivity contribution in [2.45, 2.75) is 26.3 Å². The normalized spacial score (nSPS) is 10.8. The van der Waals surface area contributed by atoms with Crippen molar-refractivity contribution >= 4 is 16.8 Å². The molecule has 5 nitrogen and oxygen atoms in total. The maximum Gasteiger partial charge on any atom is 0.253 e. The van der Waals surface area contributed by atoms with Gasteiger partial charge in [0, 0.05) is 38.8 Å². The van der Waals surface area contributed by atoms with Gasteiger partial charge in [-0.3, -0.25) is 9.59 Å². The van der Waals surface area contributed by atoms with Gasteiger partial charge < -0.3 is 14.6 Å². The molecule has 1 heterocycles. The second-order valence-electron chi connectivity index (χ2n) is 5.29. The summed E-state index contributed by atoms with van der Waals surface area (Å²) in [4.78, 5) is 24.2. The highest BCUT2D eigenvalue weighted by Gasteiger charge is 2.08. The number of benzene rings is 1. The number of ether oxygens (including phenoxy) is 1. The van der Waals surface area contributed by atoms with Crippen molar-refractivity contribution in [3.8, 4) is 0 Å². The molecule has 0 radical (unpaired) electrons. The predicted molar refractivity (Wildman–Crippen MR) is 87.1 cm³/mol. The SMILES string of the molecule is COCCCNC(=O)CCn1c(=O)c(C)cc2ccccc21. The molecule has 0 bridgehead atoms. The Morgan fingerprint density at radius 3 is 2.86 bits per heavy atom. The fourth-order valence-corrected chi connectivity index (χ4v) is 2.44. The van der Waals surface area contributed by atoms with E-state index in [2.05, 4.69) is 5.32 Å². The molecule has 0 spiro atoms. The van der Waals surface area contributed by atoms with Crippen LogP contribution in [0.25, 0.3) is 10.9 Å². The second-order valence-corrected chi connectivity index (χ2v) is 5.29. The lowest BCUT2D eigenvalue weighted by Gasteiger charge is -2.11. The standard InChI is InChI=1S/C17H22N2O3/c1-13-12-14-6-3-4-7-15(14)19(17(13)21)10-8-16(20)18-9-5-11-22-2/h3-4,6-7,12H,5,8-11H2,1-2H3,(H,18,20). The van der Waals surface area contributed by atoms with Gasteiger partial charge in [0.05, 0.1) is 5.52 Å². The van der Waals surface area contributed by atoms with Crippen molar-refractivity contribution in [1.82, 2.24) is 9.88 Å². The van der Waals surface area contributed by atoms with Crippen LogP contribution in [0.3, 0.4) is 0 Å². The molecule has 22 heavy (non-hydrogen) atoms. The summed E-state index contributed by atoms with van der Waals surface area (Å²) in [6.07, 6.45) is 1.08. The molecule has 0 unspecified atom stereocenters. The maximum absolute atomic E-state index is 12.3. The molecule has 0 saturated heterocycles. The Morgan fingerprint density at radius 2 is 2.09 bits per heavy atom. The number of nitrogens with one attached hydrogen (secondary N) is 1. The third-order valence-corrected chi connectivity index (χ3v) is 3.59. The number of amides is 1. The van der Waals surface area contributed by atoms with Gasteiger partial charge in [0.2, 0.25) is 5.91 Å². The number of nitrogens with zero attached hydrogens (tertiary/aromatic N) is 1. The van der Waals surface area contributed by atoms with E-state index in [0.29, 0.717) is 31.7 Å². The van der Waals surface area contributed by atoms with Gasteiger partial charge in [-0.2, -0.15) is 0 Å². The second kappa shape index (κ2) is 7.75. The number of hydrogen-bond acceptors (Lipinski definition) is 3. The Bertz CT molecular complexity index is 707. The zero-order chi connectivity index (χ0) is 15.9. The molecule has 1 N–H and O–H groups in total. The molecule has 0 aliphatic heterocycles. The maximum atomic E-state index is 12.3. The number of carbonyl (C=O) groups excluding carboxylic acids is 1. The van der Waals surface area contributed by atoms with E-state index in [9.17, 15) is 9.59 Å². The Kier molecular flexibility index (Phi) is 5.72. The molecular weight excluding hydrogens is 280 g/mol. The van der Waals surface area contributed by atoms with E-state index in [1.807, 2.05) is 30.3 Å². The van der Waals surface area contributed by atoms with Gasteiger partial charge in [-0.1, -0.05) is 18.2 Å². The van der Waals surface area contributed by atoms with Crippen molar-refractivity contribution in [1.29, 1.82) is 0 Å². The summed E-state index contributed by atoms with van der Waals surface area (Å²) >= 11 is 0. The number of carbonyl (C=O) groups is 1. The van der Waals surface area contributed by atoms with Crippen molar-refractivity contribution in [2.24, 2.45) is 0 Å². The van der Waals surface area contributed by atoms with Crippen LogP contribution in [-0.4, -0.2) is 30.7 Å². The minimum atomic E-state index is -0.0476. The van der Waals surface area contributed by atoms with Crippen LogP contribution in [-0.2, 0) is 16.1 Å². The van der Waals surface area contributed by atoms with E-state index in [4.69, 9.17) is 4.74 Å². The van der Waals surface area contributed by atoms with Crippen molar-refractivity contribution in [2.75, 3.05) is 20.3 Å². The van der Waals surface area contributed by atoms with Crippen LogP contribution in [0, 0.1) is 6.92 Å². The van der Waals surface area contributed by atoms with E-state index in [0.717, 1.165) is 17.3 Å². The highest BCUT2D eigenvalue weighted by molar-refractivity contribution is 5.80. The molecule has 0 aliphatic rings. The van der Waals surface area contributed by atoms with E-state index in [1.54, 1.807) is 18.6 Å². The fraction of sp³-hybridized carbons (Fsp3) is 0.412. The smallest absolute Gasteiger partial charge is 0.253 e. The number of pyridine rings is 1. The van der Waals surface area contributed by atoms with Crippen LogP contribution < -0.4 is 10.9 Å². The lowest BCUT2D eigenvalue weighted by molar-refractivity contribution is -0.121. The number of para-hydroxylation sites is 1. The van der Waals surface area contributed by atoms with Crippen LogP contribution in [0.2, 0.25) is 0 Å². The Balaban J connectivity index is 2.07. The molecule has 1 aromatic heterocycles. The number of rotatable bonds is 7. The zero-order valence-corrected chi connectivity index (χ0v) is 13.1. The van der Waals surface area contributed by atoms with E-state index < -0.39 is 0 Å². The lowest BCUT2D eigenvalue weighted by Crippen LogP contribution is -2.29. The summed E-state index contributed by atoms with van der Waals surface area (Å²) in [5.74, 6) is -0.0476. The van der Waals surface area contributed by atoms with Crippen LogP contribution >= 0.6 is 0 Å². The quantitative estimate of drug-likeness (QED) is 0.794. The summed E-state index contributed by atoms with van der Waals surface area (Å²) in [5.41, 5.74) is 1.52. The molecule has 5 heteroatoms. The minimum Gasteiger partial charge on any atom is -0.385 e. The number of aromatic nitrogens is 1. The third-order valence-electron chi connectivity index (χ3n) is 3.59. The van der Waals surface area contributed by atoms with Crippen molar-refractivity contribution < 1.29 is 9.53 Å². The zero-order valence-electron chi connectivity index (χ0n) is 13.1. The van der Waals surface area contributed by atoms with E-state index in [1.165, 1.54) is 0 Å². The molecule has 118 valence electrons. The van der Waals surface area contributed by atoms with Gasteiger partial charge in [0.15, 0.2) is 0 Å². The van der Waals surface area contributed by atoms with Crippen LogP contribution in [0.15, 0.2) is 35.1 Å². The number of hydrogen-bond donors (Lipinski definition) is 1. The van der Waals surface area contributed by atoms with Gasteiger partial charge in [-0.25, -0.2) is 0 Å². The summed E-state index contributed by atoms with van der Waals surface area (Å²) < 4.78 is 6.61. The first-order valence-corrected chi connectivity index (χ1v) is 7.48. The topological polar surface area (TPSA) is 60.3 Å². The molecule has 0 saturated carbocycles. The van der Waals surface area contributed by atoms with Gasteiger partial charge in [0.25, 0.3) is 5.56 Å². The Labute approximate surface area is 129 Å². The highest BCUT2D eigenvalue weighted by Crippen LogP contribution is 2.13. The molecule has 1 amide bonds. The van der Waals surface area contributed by atoms with E-state index >= 15 is 0 Å². The lowest BCUT2D eigenvalue weighted by atomic mass is 10.1. The van der Waals surface area contributed by atoms with Crippen molar-refractivity contribution in [3.05, 3.63) is 46.2 Å². The van der Waals surface area contributed by atoms with Gasteiger partial charge in [-0.15, -0.1) is 0 Å². The van der Waals surface area contributed by atoms with Gasteiger partial charge in [-0.05, 0) is 30.9 Å². The summed E-state index contributed by atoms with van der Waals surface area (Å²) in [6.45, 7) is 3.41. The first kappa shape index (κ1) is 16.2. The molecular formula is C17H22N2O3. The minimum absolute atomic E-state index is 0.0362. The van der Waals surface area contributed by atoms with Crippen LogP contribution in [0.5, 0.6) is 0 Å². The highest BCUT2D eigenvalue weighted by atomic mass is 16.5. The molecule has 0 aliphatic carbocycles. The average molecular weight is 302 g/mol. The number of methoxy groups -OCH3 is 1. The molecule has 2 rings (SSSR count). The van der Waals surface area contributed by atoms with Crippen LogP contribution in [0.4, 0.5) is 0 Å².